The fraction of sp³-hybridized carbons (Fsp3) is 0.353. The Morgan fingerprint density at radius 2 is 2.09 bits per heavy atom. The Hall–Kier alpha value is -2.14. The zero-order valence-corrected chi connectivity index (χ0v) is 14.1. The summed E-state index contributed by atoms with van der Waals surface area (Å²) in [5.74, 6) is 0.942. The average molecular weight is 332 g/mol. The van der Waals surface area contributed by atoms with Crippen LogP contribution in [0.5, 0.6) is 0 Å². The van der Waals surface area contributed by atoms with Crippen LogP contribution in [0.15, 0.2) is 24.3 Å². The average Bonchev–Trinajstić information content (AvgIpc) is 3.38. The van der Waals surface area contributed by atoms with E-state index in [1.54, 1.807) is 0 Å². The van der Waals surface area contributed by atoms with Crippen LogP contribution < -0.4 is 4.90 Å². The number of nitrogens with zero attached hydrogens (tertiary/aromatic N) is 3. The van der Waals surface area contributed by atoms with E-state index in [1.807, 2.05) is 43.1 Å². The number of rotatable bonds is 4. The van der Waals surface area contributed by atoms with Crippen molar-refractivity contribution >= 4 is 29.1 Å². The van der Waals surface area contributed by atoms with Crippen molar-refractivity contribution in [1.82, 2.24) is 9.97 Å². The molecule has 0 amide bonds. The number of hydrogen-bond acceptors (Lipinski definition) is 5. The molecule has 5 nitrogen and oxygen atoms in total. The molecule has 1 aromatic heterocycles. The predicted molar refractivity (Wildman–Crippen MR) is 89.6 cm³/mol. The van der Waals surface area contributed by atoms with Gasteiger partial charge in [-0.05, 0) is 37.5 Å². The highest BCUT2D eigenvalue weighted by Crippen LogP contribution is 2.41. The van der Waals surface area contributed by atoms with Gasteiger partial charge in [-0.1, -0.05) is 23.7 Å². The van der Waals surface area contributed by atoms with Gasteiger partial charge in [0.2, 0.25) is 0 Å². The smallest absolute Gasteiger partial charge is 0.358 e. The van der Waals surface area contributed by atoms with E-state index in [2.05, 4.69) is 9.97 Å². The maximum Gasteiger partial charge on any atom is 0.358 e. The monoisotopic (exact) mass is 331 g/mol. The topological polar surface area (TPSA) is 55.3 Å². The van der Waals surface area contributed by atoms with E-state index in [0.29, 0.717) is 17.6 Å². The molecule has 0 aliphatic heterocycles. The van der Waals surface area contributed by atoms with Crippen LogP contribution in [0.2, 0.25) is 5.02 Å². The number of esters is 1. The van der Waals surface area contributed by atoms with Crippen LogP contribution >= 0.6 is 11.6 Å². The maximum absolute atomic E-state index is 12.0. The number of carbonyl (C=O) groups is 1. The molecule has 0 atom stereocenters. The molecule has 120 valence electrons. The second-order valence-corrected chi connectivity index (χ2v) is 6.11. The normalized spacial score (nSPS) is 13.7. The molecule has 0 N–H and O–H groups in total. The summed E-state index contributed by atoms with van der Waals surface area (Å²) in [6, 6.07) is 8.00. The summed E-state index contributed by atoms with van der Waals surface area (Å²) in [6.07, 6.45) is 2.08. The fourth-order valence-electron chi connectivity index (χ4n) is 2.39. The summed E-state index contributed by atoms with van der Waals surface area (Å²) in [7, 11) is 3.20. The van der Waals surface area contributed by atoms with Crippen molar-refractivity contribution in [2.75, 3.05) is 19.1 Å². The van der Waals surface area contributed by atoms with Crippen molar-refractivity contribution in [1.29, 1.82) is 0 Å². The van der Waals surface area contributed by atoms with E-state index in [-0.39, 0.29) is 10.7 Å². The number of carbonyl (C=O) groups excluding carboxylic acids is 1. The van der Waals surface area contributed by atoms with Crippen LogP contribution in [0.1, 0.15) is 40.6 Å². The van der Waals surface area contributed by atoms with E-state index in [9.17, 15) is 4.79 Å². The Labute approximate surface area is 140 Å². The van der Waals surface area contributed by atoms with Crippen molar-refractivity contribution in [2.45, 2.75) is 25.7 Å². The predicted octanol–water partition coefficient (Wildman–Crippen LogP) is 3.87. The minimum atomic E-state index is -0.543. The lowest BCUT2D eigenvalue weighted by Crippen LogP contribution is -2.17. The first-order valence-corrected chi connectivity index (χ1v) is 7.85. The first-order chi connectivity index (χ1) is 11.0. The van der Waals surface area contributed by atoms with E-state index in [4.69, 9.17) is 16.3 Å². The number of aryl methyl sites for hydroxylation is 1. The van der Waals surface area contributed by atoms with E-state index in [1.165, 1.54) is 7.11 Å². The molecular weight excluding hydrogens is 314 g/mol. The zero-order valence-electron chi connectivity index (χ0n) is 13.3. The van der Waals surface area contributed by atoms with Crippen LogP contribution in [-0.2, 0) is 4.74 Å². The van der Waals surface area contributed by atoms with Gasteiger partial charge in [-0.3, -0.25) is 0 Å². The van der Waals surface area contributed by atoms with E-state index in [0.717, 1.165) is 24.1 Å². The van der Waals surface area contributed by atoms with Crippen LogP contribution in [0, 0.1) is 6.92 Å². The first kappa shape index (κ1) is 15.7. The highest BCUT2D eigenvalue weighted by molar-refractivity contribution is 6.35. The summed E-state index contributed by atoms with van der Waals surface area (Å²) in [5, 5.41) is 0.213. The van der Waals surface area contributed by atoms with Gasteiger partial charge < -0.3 is 9.64 Å². The molecule has 2 aromatic rings. The van der Waals surface area contributed by atoms with Gasteiger partial charge >= 0.3 is 5.97 Å². The van der Waals surface area contributed by atoms with Gasteiger partial charge in [-0.2, -0.15) is 0 Å². The second kappa shape index (κ2) is 6.16. The Morgan fingerprint density at radius 3 is 2.70 bits per heavy atom. The fourth-order valence-corrected chi connectivity index (χ4v) is 2.68. The molecule has 0 spiro atoms. The van der Waals surface area contributed by atoms with Crippen molar-refractivity contribution in [2.24, 2.45) is 0 Å². The quantitative estimate of drug-likeness (QED) is 0.796. The van der Waals surface area contributed by atoms with Crippen molar-refractivity contribution in [3.05, 3.63) is 46.4 Å². The van der Waals surface area contributed by atoms with Gasteiger partial charge in [0.25, 0.3) is 0 Å². The van der Waals surface area contributed by atoms with Gasteiger partial charge in [0.1, 0.15) is 10.8 Å². The van der Waals surface area contributed by atoms with Crippen LogP contribution in [0.25, 0.3) is 0 Å². The molecule has 1 heterocycles. The van der Waals surface area contributed by atoms with Crippen molar-refractivity contribution in [3.63, 3.8) is 0 Å². The summed E-state index contributed by atoms with van der Waals surface area (Å²) >= 11 is 6.40. The van der Waals surface area contributed by atoms with Gasteiger partial charge in [0.05, 0.1) is 7.11 Å². The lowest BCUT2D eigenvalue weighted by molar-refractivity contribution is 0.0593. The second-order valence-electron chi connectivity index (χ2n) is 5.73. The van der Waals surface area contributed by atoms with Gasteiger partial charge in [0.15, 0.2) is 11.5 Å². The maximum atomic E-state index is 12.0. The Balaban J connectivity index is 2.09. The molecule has 0 saturated heterocycles. The molecule has 1 saturated carbocycles. The first-order valence-electron chi connectivity index (χ1n) is 7.47. The number of aromatic nitrogens is 2. The highest BCUT2D eigenvalue weighted by atomic mass is 35.5. The van der Waals surface area contributed by atoms with Gasteiger partial charge in [0, 0.05) is 18.7 Å². The van der Waals surface area contributed by atoms with E-state index < -0.39 is 5.97 Å². The summed E-state index contributed by atoms with van der Waals surface area (Å²) in [5.41, 5.74) is 2.21. The standard InChI is InChI=1S/C17H18ClN3O2/c1-10-5-4-6-12(9-10)21(2)16-13(18)14(17(22)23-3)19-15(20-16)11-7-8-11/h4-6,9,11H,7-8H2,1-3H3. The largest absolute Gasteiger partial charge is 0.464 e. The molecule has 6 heteroatoms. The molecule has 1 aliphatic carbocycles. The third kappa shape index (κ3) is 3.15. The molecule has 1 fully saturated rings. The minimum absolute atomic E-state index is 0.126. The molecule has 0 unspecified atom stereocenters. The Morgan fingerprint density at radius 1 is 1.35 bits per heavy atom. The Kier molecular flexibility index (Phi) is 4.22. The Bertz CT molecular complexity index is 759. The third-order valence-electron chi connectivity index (χ3n) is 3.88. The number of benzene rings is 1. The number of methoxy groups -OCH3 is 1. The number of hydrogen-bond donors (Lipinski definition) is 0. The van der Waals surface area contributed by atoms with Gasteiger partial charge in [-0.15, -0.1) is 0 Å². The summed E-state index contributed by atoms with van der Waals surface area (Å²) in [4.78, 5) is 22.8. The number of anilines is 2. The van der Waals surface area contributed by atoms with Crippen molar-refractivity contribution in [3.8, 4) is 0 Å². The SMILES string of the molecule is COC(=O)c1nc(C2CC2)nc(N(C)c2cccc(C)c2)c1Cl. The molecule has 0 bridgehead atoms. The number of halogens is 1. The van der Waals surface area contributed by atoms with Gasteiger partial charge in [-0.25, -0.2) is 14.8 Å². The van der Waals surface area contributed by atoms with Crippen LogP contribution in [-0.4, -0.2) is 30.1 Å². The zero-order chi connectivity index (χ0) is 16.6. The molecule has 1 aliphatic rings. The summed E-state index contributed by atoms with van der Waals surface area (Å²) in [6.45, 7) is 2.02. The third-order valence-corrected chi connectivity index (χ3v) is 4.23. The van der Waals surface area contributed by atoms with Crippen molar-refractivity contribution < 1.29 is 9.53 Å². The highest BCUT2D eigenvalue weighted by Gasteiger charge is 2.31. The molecule has 3 rings (SSSR count). The van der Waals surface area contributed by atoms with Crippen LogP contribution in [0.3, 0.4) is 0 Å². The van der Waals surface area contributed by atoms with E-state index >= 15 is 0 Å². The van der Waals surface area contributed by atoms with Crippen LogP contribution in [0.4, 0.5) is 11.5 Å². The molecule has 1 aromatic carbocycles. The molecule has 0 radical (unpaired) electrons. The number of ether oxygens (including phenoxy) is 1. The molecular formula is C17H18ClN3O2. The summed E-state index contributed by atoms with van der Waals surface area (Å²) < 4.78 is 4.80. The minimum Gasteiger partial charge on any atom is -0.464 e. The lowest BCUT2D eigenvalue weighted by atomic mass is 10.2. The molecule has 23 heavy (non-hydrogen) atoms. The lowest BCUT2D eigenvalue weighted by Gasteiger charge is -2.21.